The lowest BCUT2D eigenvalue weighted by molar-refractivity contribution is 0.0257. The van der Waals surface area contributed by atoms with E-state index in [0.29, 0.717) is 24.7 Å². The van der Waals surface area contributed by atoms with Crippen LogP contribution in [-0.2, 0) is 4.74 Å². The molecule has 92 valence electrons. The van der Waals surface area contributed by atoms with Crippen molar-refractivity contribution in [2.45, 2.75) is 18.9 Å². The molecular formula is C12H15NO4. The first-order valence-corrected chi connectivity index (χ1v) is 5.54. The standard InChI is InChI=1S/C12H15NO4/c13-10-2-1-8(12(14)15)7-11(10)17-9-3-5-16-6-4-9/h1-2,7,9H,3-6,13H2,(H,14,15). The predicted octanol–water partition coefficient (Wildman–Crippen LogP) is 1.52. The van der Waals surface area contributed by atoms with Crippen LogP contribution in [0.1, 0.15) is 23.2 Å². The summed E-state index contributed by atoms with van der Waals surface area (Å²) in [4.78, 5) is 10.8. The Morgan fingerprint density at radius 2 is 2.12 bits per heavy atom. The normalized spacial score (nSPS) is 16.7. The van der Waals surface area contributed by atoms with Gasteiger partial charge in [-0.05, 0) is 18.2 Å². The zero-order valence-electron chi connectivity index (χ0n) is 9.39. The van der Waals surface area contributed by atoms with E-state index in [9.17, 15) is 4.79 Å². The highest BCUT2D eigenvalue weighted by Crippen LogP contribution is 2.26. The molecule has 0 aromatic heterocycles. The van der Waals surface area contributed by atoms with Crippen LogP contribution in [0.5, 0.6) is 5.75 Å². The molecule has 2 rings (SSSR count). The van der Waals surface area contributed by atoms with Crippen LogP contribution in [0.15, 0.2) is 18.2 Å². The van der Waals surface area contributed by atoms with Crippen molar-refractivity contribution in [3.8, 4) is 5.75 Å². The molecule has 0 spiro atoms. The van der Waals surface area contributed by atoms with E-state index in [1.54, 1.807) is 6.07 Å². The van der Waals surface area contributed by atoms with Crippen LogP contribution in [0.2, 0.25) is 0 Å². The van der Waals surface area contributed by atoms with Gasteiger partial charge in [0.1, 0.15) is 11.9 Å². The van der Waals surface area contributed by atoms with Crippen LogP contribution in [0.4, 0.5) is 5.69 Å². The Hall–Kier alpha value is -1.75. The molecule has 1 aliphatic heterocycles. The van der Waals surface area contributed by atoms with Gasteiger partial charge in [-0.3, -0.25) is 0 Å². The van der Waals surface area contributed by atoms with Gasteiger partial charge in [0.15, 0.2) is 0 Å². The molecule has 3 N–H and O–H groups in total. The third kappa shape index (κ3) is 2.88. The number of nitrogen functional groups attached to an aromatic ring is 1. The van der Waals surface area contributed by atoms with E-state index in [-0.39, 0.29) is 11.7 Å². The Bertz CT molecular complexity index is 413. The lowest BCUT2D eigenvalue weighted by Crippen LogP contribution is -2.26. The van der Waals surface area contributed by atoms with E-state index in [1.807, 2.05) is 0 Å². The quantitative estimate of drug-likeness (QED) is 0.779. The number of ether oxygens (including phenoxy) is 2. The number of aromatic carboxylic acids is 1. The fourth-order valence-corrected chi connectivity index (χ4v) is 1.74. The van der Waals surface area contributed by atoms with Crippen molar-refractivity contribution in [3.63, 3.8) is 0 Å². The van der Waals surface area contributed by atoms with Crippen LogP contribution in [0, 0.1) is 0 Å². The molecule has 5 heteroatoms. The van der Waals surface area contributed by atoms with Gasteiger partial charge in [-0.15, -0.1) is 0 Å². The second kappa shape index (κ2) is 5.05. The predicted molar refractivity (Wildman–Crippen MR) is 62.3 cm³/mol. The Morgan fingerprint density at radius 3 is 2.76 bits per heavy atom. The average molecular weight is 237 g/mol. The molecule has 1 aromatic carbocycles. The number of hydrogen-bond acceptors (Lipinski definition) is 4. The SMILES string of the molecule is Nc1ccc(C(=O)O)cc1OC1CCOCC1. The summed E-state index contributed by atoms with van der Waals surface area (Å²) in [6.45, 7) is 1.34. The summed E-state index contributed by atoms with van der Waals surface area (Å²) < 4.78 is 10.9. The number of carbonyl (C=O) groups is 1. The van der Waals surface area contributed by atoms with Crippen LogP contribution in [-0.4, -0.2) is 30.4 Å². The molecule has 0 unspecified atom stereocenters. The minimum absolute atomic E-state index is 0.0510. The van der Waals surface area contributed by atoms with Gasteiger partial charge in [0.05, 0.1) is 24.5 Å². The maximum absolute atomic E-state index is 10.8. The second-order valence-electron chi connectivity index (χ2n) is 3.99. The van der Waals surface area contributed by atoms with Gasteiger partial charge < -0.3 is 20.3 Å². The van der Waals surface area contributed by atoms with Gasteiger partial charge in [0.25, 0.3) is 0 Å². The zero-order chi connectivity index (χ0) is 12.3. The van der Waals surface area contributed by atoms with E-state index in [2.05, 4.69) is 0 Å². The molecule has 1 aliphatic rings. The first-order valence-electron chi connectivity index (χ1n) is 5.54. The molecule has 1 aromatic rings. The molecule has 0 radical (unpaired) electrons. The molecule has 5 nitrogen and oxygen atoms in total. The largest absolute Gasteiger partial charge is 0.488 e. The van der Waals surface area contributed by atoms with Crippen molar-refractivity contribution in [1.82, 2.24) is 0 Å². The van der Waals surface area contributed by atoms with Crippen LogP contribution < -0.4 is 10.5 Å². The van der Waals surface area contributed by atoms with Crippen LogP contribution in [0.3, 0.4) is 0 Å². The molecule has 0 aliphatic carbocycles. The summed E-state index contributed by atoms with van der Waals surface area (Å²) in [6.07, 6.45) is 1.66. The molecule has 1 heterocycles. The van der Waals surface area contributed by atoms with Gasteiger partial charge in [-0.25, -0.2) is 4.79 Å². The summed E-state index contributed by atoms with van der Waals surface area (Å²) in [7, 11) is 0. The summed E-state index contributed by atoms with van der Waals surface area (Å²) in [6, 6.07) is 4.49. The van der Waals surface area contributed by atoms with Crippen LogP contribution >= 0.6 is 0 Å². The highest BCUT2D eigenvalue weighted by atomic mass is 16.5. The number of nitrogens with two attached hydrogens (primary N) is 1. The highest BCUT2D eigenvalue weighted by Gasteiger charge is 2.17. The number of rotatable bonds is 3. The summed E-state index contributed by atoms with van der Waals surface area (Å²) >= 11 is 0. The number of carboxylic acid groups (broad SMARTS) is 1. The minimum Gasteiger partial charge on any atom is -0.488 e. The van der Waals surface area contributed by atoms with Crippen molar-refractivity contribution >= 4 is 11.7 Å². The summed E-state index contributed by atoms with van der Waals surface area (Å²) in [5.41, 5.74) is 6.40. The lowest BCUT2D eigenvalue weighted by atomic mass is 10.1. The Balaban J connectivity index is 2.13. The maximum atomic E-state index is 10.8. The van der Waals surface area contributed by atoms with Gasteiger partial charge >= 0.3 is 5.97 Å². The third-order valence-electron chi connectivity index (χ3n) is 2.72. The Labute approximate surface area is 99.1 Å². The van der Waals surface area contributed by atoms with E-state index < -0.39 is 5.97 Å². The summed E-state index contributed by atoms with van der Waals surface area (Å²) in [5.74, 6) is -0.543. The smallest absolute Gasteiger partial charge is 0.335 e. The molecule has 0 bridgehead atoms. The van der Waals surface area contributed by atoms with Gasteiger partial charge in [-0.2, -0.15) is 0 Å². The number of benzene rings is 1. The number of carboxylic acids is 1. The topological polar surface area (TPSA) is 81.8 Å². The Morgan fingerprint density at radius 1 is 1.41 bits per heavy atom. The lowest BCUT2D eigenvalue weighted by Gasteiger charge is -2.24. The van der Waals surface area contributed by atoms with Crippen LogP contribution in [0.25, 0.3) is 0 Å². The molecule has 0 atom stereocenters. The molecule has 1 saturated heterocycles. The Kier molecular flexibility index (Phi) is 3.49. The van der Waals surface area contributed by atoms with E-state index >= 15 is 0 Å². The first kappa shape index (κ1) is 11.7. The van der Waals surface area contributed by atoms with Gasteiger partial charge in [0, 0.05) is 12.8 Å². The van der Waals surface area contributed by atoms with Gasteiger partial charge in [0.2, 0.25) is 0 Å². The highest BCUT2D eigenvalue weighted by molar-refractivity contribution is 5.89. The van der Waals surface area contributed by atoms with E-state index in [0.717, 1.165) is 12.8 Å². The molecule has 0 saturated carbocycles. The monoisotopic (exact) mass is 237 g/mol. The fourth-order valence-electron chi connectivity index (χ4n) is 1.74. The van der Waals surface area contributed by atoms with Gasteiger partial charge in [-0.1, -0.05) is 0 Å². The number of hydrogen-bond donors (Lipinski definition) is 2. The minimum atomic E-state index is -0.984. The number of anilines is 1. The van der Waals surface area contributed by atoms with Crippen molar-refractivity contribution in [2.24, 2.45) is 0 Å². The maximum Gasteiger partial charge on any atom is 0.335 e. The zero-order valence-corrected chi connectivity index (χ0v) is 9.39. The molecular weight excluding hydrogens is 222 g/mol. The van der Waals surface area contributed by atoms with Crippen molar-refractivity contribution in [1.29, 1.82) is 0 Å². The summed E-state index contributed by atoms with van der Waals surface area (Å²) in [5, 5.41) is 8.89. The molecule has 0 amide bonds. The van der Waals surface area contributed by atoms with E-state index in [4.69, 9.17) is 20.3 Å². The van der Waals surface area contributed by atoms with E-state index in [1.165, 1.54) is 12.1 Å². The molecule has 1 fully saturated rings. The average Bonchev–Trinajstić information content (AvgIpc) is 2.33. The second-order valence-corrected chi connectivity index (χ2v) is 3.99. The van der Waals surface area contributed by atoms with Crippen molar-refractivity contribution in [2.75, 3.05) is 18.9 Å². The third-order valence-corrected chi connectivity index (χ3v) is 2.72. The molecule has 17 heavy (non-hydrogen) atoms. The van der Waals surface area contributed by atoms with Crippen molar-refractivity contribution in [3.05, 3.63) is 23.8 Å². The van der Waals surface area contributed by atoms with Crippen molar-refractivity contribution < 1.29 is 19.4 Å². The first-order chi connectivity index (χ1) is 8.16. The fraction of sp³-hybridized carbons (Fsp3) is 0.417.